The predicted molar refractivity (Wildman–Crippen MR) is 149 cm³/mol. The number of nitrogens with two attached hydrogens (primary N) is 1. The van der Waals surface area contributed by atoms with Crippen molar-refractivity contribution in [3.8, 4) is 0 Å². The fourth-order valence-corrected chi connectivity index (χ4v) is 4.97. The number of rotatable bonds is 6. The molecule has 5 aromatic rings. The molecule has 176 valence electrons. The Bertz CT molecular complexity index is 1660. The number of halogens is 2. The first-order chi connectivity index (χ1) is 16.8. The summed E-state index contributed by atoms with van der Waals surface area (Å²) in [6.45, 7) is 2.35. The van der Waals surface area contributed by atoms with Crippen LogP contribution in [0.2, 0.25) is 0 Å². The molecular weight excluding hydrogens is 623 g/mol. The van der Waals surface area contributed by atoms with Gasteiger partial charge >= 0.3 is 5.63 Å². The molecule has 2 aromatic heterocycles. The second kappa shape index (κ2) is 9.46. The zero-order valence-electron chi connectivity index (χ0n) is 18.6. The lowest BCUT2D eigenvalue weighted by atomic mass is 10.1. The SMILES string of the molecule is Cc1c(C(N)=O)c(=O)oc2cc3c(cc12)nc(Nc1cccc(I)c1)n3CCc1ccc(Br)cc1. The maximum atomic E-state index is 12.4. The Morgan fingerprint density at radius 3 is 2.66 bits per heavy atom. The number of primary amides is 1. The van der Waals surface area contributed by atoms with Gasteiger partial charge in [0.2, 0.25) is 5.95 Å². The monoisotopic (exact) mass is 642 g/mol. The van der Waals surface area contributed by atoms with Gasteiger partial charge in [-0.2, -0.15) is 0 Å². The van der Waals surface area contributed by atoms with Gasteiger partial charge in [-0.15, -0.1) is 0 Å². The molecule has 35 heavy (non-hydrogen) atoms. The van der Waals surface area contributed by atoms with Gasteiger partial charge in [0, 0.05) is 31.7 Å². The number of aryl methyl sites for hydroxylation is 3. The number of hydrogen-bond donors (Lipinski definition) is 2. The van der Waals surface area contributed by atoms with E-state index in [-0.39, 0.29) is 5.56 Å². The number of benzene rings is 3. The second-order valence-electron chi connectivity index (χ2n) is 8.19. The summed E-state index contributed by atoms with van der Waals surface area (Å²) in [5.74, 6) is -0.135. The van der Waals surface area contributed by atoms with Crippen LogP contribution in [0.1, 0.15) is 21.5 Å². The van der Waals surface area contributed by atoms with Gasteiger partial charge < -0.3 is 20.0 Å². The van der Waals surface area contributed by atoms with Crippen molar-refractivity contribution >= 4 is 78.1 Å². The molecule has 0 spiro atoms. The molecule has 0 radical (unpaired) electrons. The van der Waals surface area contributed by atoms with Crippen LogP contribution in [0.3, 0.4) is 0 Å². The smallest absolute Gasteiger partial charge is 0.349 e. The highest BCUT2D eigenvalue weighted by atomic mass is 127. The lowest BCUT2D eigenvalue weighted by Crippen LogP contribution is -2.22. The lowest BCUT2D eigenvalue weighted by molar-refractivity contribution is 0.0996. The summed E-state index contributed by atoms with van der Waals surface area (Å²) in [6.07, 6.45) is 0.779. The highest BCUT2D eigenvalue weighted by molar-refractivity contribution is 14.1. The molecule has 9 heteroatoms. The van der Waals surface area contributed by atoms with Crippen LogP contribution in [0, 0.1) is 10.5 Å². The van der Waals surface area contributed by atoms with Gasteiger partial charge in [-0.25, -0.2) is 9.78 Å². The third-order valence-corrected chi connectivity index (χ3v) is 7.10. The van der Waals surface area contributed by atoms with Crippen LogP contribution in [0.15, 0.2) is 74.3 Å². The molecule has 3 aromatic carbocycles. The van der Waals surface area contributed by atoms with E-state index in [2.05, 4.69) is 60.5 Å². The number of fused-ring (bicyclic) bond motifs is 2. The summed E-state index contributed by atoms with van der Waals surface area (Å²) in [5, 5.41) is 4.06. The average Bonchev–Trinajstić information content (AvgIpc) is 3.13. The molecule has 0 aliphatic carbocycles. The molecule has 7 nitrogen and oxygen atoms in total. The third-order valence-electron chi connectivity index (χ3n) is 5.90. The van der Waals surface area contributed by atoms with Gasteiger partial charge in [0.25, 0.3) is 5.91 Å². The zero-order chi connectivity index (χ0) is 24.7. The van der Waals surface area contributed by atoms with Crippen LogP contribution in [0.25, 0.3) is 22.0 Å². The van der Waals surface area contributed by atoms with E-state index in [0.717, 1.165) is 25.7 Å². The van der Waals surface area contributed by atoms with Gasteiger partial charge in [-0.3, -0.25) is 4.79 Å². The van der Waals surface area contributed by atoms with Gasteiger partial charge in [-0.05, 0) is 83.5 Å². The van der Waals surface area contributed by atoms with Crippen molar-refractivity contribution in [3.05, 3.63) is 95.8 Å². The summed E-state index contributed by atoms with van der Waals surface area (Å²) in [5.41, 5.74) is 9.05. The van der Waals surface area contributed by atoms with Crippen molar-refractivity contribution in [3.63, 3.8) is 0 Å². The van der Waals surface area contributed by atoms with Crippen molar-refractivity contribution in [1.82, 2.24) is 9.55 Å². The summed E-state index contributed by atoms with van der Waals surface area (Å²) in [4.78, 5) is 29.1. The van der Waals surface area contributed by atoms with Gasteiger partial charge in [-0.1, -0.05) is 34.1 Å². The maximum Gasteiger partial charge on any atom is 0.349 e. The molecular formula is C26H20BrIN4O3. The van der Waals surface area contributed by atoms with Crippen LogP contribution < -0.4 is 16.7 Å². The molecule has 0 saturated heterocycles. The van der Waals surface area contributed by atoms with E-state index in [1.54, 1.807) is 13.0 Å². The van der Waals surface area contributed by atoms with Crippen LogP contribution in [-0.2, 0) is 13.0 Å². The van der Waals surface area contributed by atoms with Gasteiger partial charge in [0.1, 0.15) is 11.1 Å². The van der Waals surface area contributed by atoms with Crippen LogP contribution in [0.5, 0.6) is 0 Å². The molecule has 0 atom stereocenters. The third kappa shape index (κ3) is 4.70. The molecule has 2 heterocycles. The summed E-state index contributed by atoms with van der Waals surface area (Å²) >= 11 is 5.75. The number of nitrogens with one attached hydrogen (secondary N) is 1. The predicted octanol–water partition coefficient (Wildman–Crippen LogP) is 5.90. The van der Waals surface area contributed by atoms with E-state index in [0.29, 0.717) is 34.5 Å². The number of imidazole rings is 1. The first kappa shape index (κ1) is 23.6. The van der Waals surface area contributed by atoms with Crippen molar-refractivity contribution < 1.29 is 9.21 Å². The Morgan fingerprint density at radius 2 is 1.94 bits per heavy atom. The number of carbonyl (C=O) groups excluding carboxylic acids is 1. The minimum Gasteiger partial charge on any atom is -0.422 e. The first-order valence-corrected chi connectivity index (χ1v) is 12.7. The average molecular weight is 643 g/mol. The van der Waals surface area contributed by atoms with E-state index >= 15 is 0 Å². The second-order valence-corrected chi connectivity index (χ2v) is 10.4. The van der Waals surface area contributed by atoms with Gasteiger partial charge in [0.05, 0.1) is 11.0 Å². The quantitative estimate of drug-likeness (QED) is 0.177. The number of anilines is 2. The number of aromatic nitrogens is 2. The molecule has 0 unspecified atom stereocenters. The number of nitrogens with zero attached hydrogens (tertiary/aromatic N) is 2. The summed E-state index contributed by atoms with van der Waals surface area (Å²) in [6, 6.07) is 19.9. The molecule has 0 saturated carbocycles. The number of carbonyl (C=O) groups is 1. The lowest BCUT2D eigenvalue weighted by Gasteiger charge is -2.12. The summed E-state index contributed by atoms with van der Waals surface area (Å²) < 4.78 is 9.70. The molecule has 1 amide bonds. The van der Waals surface area contributed by atoms with E-state index < -0.39 is 11.5 Å². The Morgan fingerprint density at radius 1 is 1.17 bits per heavy atom. The Hall–Kier alpha value is -3.18. The summed E-state index contributed by atoms with van der Waals surface area (Å²) in [7, 11) is 0. The molecule has 0 bridgehead atoms. The van der Waals surface area contributed by atoms with Crippen molar-refractivity contribution in [1.29, 1.82) is 0 Å². The largest absolute Gasteiger partial charge is 0.422 e. The van der Waals surface area contributed by atoms with E-state index in [1.807, 2.05) is 42.5 Å². The molecule has 0 fully saturated rings. The van der Waals surface area contributed by atoms with Crippen molar-refractivity contribution in [2.75, 3.05) is 5.32 Å². The van der Waals surface area contributed by atoms with Crippen LogP contribution >= 0.6 is 38.5 Å². The highest BCUT2D eigenvalue weighted by Crippen LogP contribution is 2.30. The zero-order valence-corrected chi connectivity index (χ0v) is 22.4. The number of amides is 1. The molecule has 0 aliphatic heterocycles. The van der Waals surface area contributed by atoms with E-state index in [1.165, 1.54) is 5.56 Å². The Labute approximate surface area is 222 Å². The fraction of sp³-hybridized carbons (Fsp3) is 0.115. The topological polar surface area (TPSA) is 103 Å². The van der Waals surface area contributed by atoms with Crippen LogP contribution in [-0.4, -0.2) is 15.5 Å². The standard InChI is InChI=1S/C26H20BrIN4O3/c1-14-19-12-20-21(13-22(19)35-25(34)23(14)24(29)33)32(10-9-15-5-7-16(27)8-6-15)26(31-20)30-18-4-2-3-17(28)11-18/h2-8,11-13H,9-10H2,1H3,(H2,29,33)(H,30,31). The number of hydrogen-bond acceptors (Lipinski definition) is 5. The molecule has 0 aliphatic rings. The highest BCUT2D eigenvalue weighted by Gasteiger charge is 2.19. The fourth-order valence-electron chi connectivity index (χ4n) is 4.16. The van der Waals surface area contributed by atoms with E-state index in [9.17, 15) is 9.59 Å². The first-order valence-electron chi connectivity index (χ1n) is 10.8. The molecule has 3 N–H and O–H groups in total. The van der Waals surface area contributed by atoms with Gasteiger partial charge in [0.15, 0.2) is 0 Å². The maximum absolute atomic E-state index is 12.4. The normalized spacial score (nSPS) is 11.3. The van der Waals surface area contributed by atoms with Crippen molar-refractivity contribution in [2.24, 2.45) is 5.73 Å². The molecule has 5 rings (SSSR count). The minimum atomic E-state index is -0.806. The van der Waals surface area contributed by atoms with E-state index in [4.69, 9.17) is 15.1 Å². The van der Waals surface area contributed by atoms with Crippen molar-refractivity contribution in [2.45, 2.75) is 19.9 Å². The Balaban J connectivity index is 1.66. The Kier molecular flexibility index (Phi) is 6.37. The van der Waals surface area contributed by atoms with Crippen LogP contribution in [0.4, 0.5) is 11.6 Å². The minimum absolute atomic E-state index is 0.135.